The van der Waals surface area contributed by atoms with E-state index in [2.05, 4.69) is 41.6 Å². The first-order valence-corrected chi connectivity index (χ1v) is 11.3. The summed E-state index contributed by atoms with van der Waals surface area (Å²) in [5.74, 6) is -0.722. The van der Waals surface area contributed by atoms with Crippen LogP contribution in [0.5, 0.6) is 0 Å². The van der Waals surface area contributed by atoms with Gasteiger partial charge in [0.05, 0.1) is 23.9 Å². The van der Waals surface area contributed by atoms with E-state index in [1.807, 2.05) is 35.2 Å². The molecule has 2 aliphatic rings. The number of aryl methyl sites for hydroxylation is 1. The van der Waals surface area contributed by atoms with Crippen molar-refractivity contribution in [2.24, 2.45) is 10.6 Å². The van der Waals surface area contributed by atoms with Crippen LogP contribution in [0.1, 0.15) is 48.1 Å². The molecule has 7 nitrogen and oxygen atoms in total. The number of oxime groups is 1. The van der Waals surface area contributed by atoms with E-state index in [-0.39, 0.29) is 6.10 Å². The number of carboxylic acid groups (broad SMARTS) is 1. The van der Waals surface area contributed by atoms with E-state index in [0.29, 0.717) is 32.2 Å². The van der Waals surface area contributed by atoms with Gasteiger partial charge in [-0.05, 0) is 45.3 Å². The molecule has 2 aliphatic heterocycles. The van der Waals surface area contributed by atoms with E-state index < -0.39 is 11.4 Å². The first-order valence-electron chi connectivity index (χ1n) is 11.3. The molecule has 0 bridgehead atoms. The average molecular weight is 437 g/mol. The zero-order valence-electron chi connectivity index (χ0n) is 19.0. The van der Waals surface area contributed by atoms with E-state index in [1.54, 1.807) is 0 Å². The largest absolute Gasteiger partial charge is 0.481 e. The molecule has 0 unspecified atom stereocenters. The van der Waals surface area contributed by atoms with Gasteiger partial charge in [0.25, 0.3) is 0 Å². The first-order chi connectivity index (χ1) is 15.4. The Balaban J connectivity index is 1.36. The van der Waals surface area contributed by atoms with Gasteiger partial charge in [-0.1, -0.05) is 35.5 Å². The van der Waals surface area contributed by atoms with Gasteiger partial charge in [0, 0.05) is 36.2 Å². The van der Waals surface area contributed by atoms with E-state index in [9.17, 15) is 9.90 Å². The minimum absolute atomic E-state index is 0.188. The van der Waals surface area contributed by atoms with Crippen LogP contribution in [0.25, 0.3) is 0 Å². The summed E-state index contributed by atoms with van der Waals surface area (Å²) >= 11 is 0. The summed E-state index contributed by atoms with van der Waals surface area (Å²) < 4.78 is 1.94. The zero-order valence-corrected chi connectivity index (χ0v) is 19.0. The SMILES string of the molecule is C=CCn1ncc(CN2CCC(C[C@@H]3CC(c4ccccc4C)=NO3)(C(=O)O)CC2)c1C. The Morgan fingerprint density at radius 3 is 2.75 bits per heavy atom. The molecular formula is C25H32N4O3. The summed E-state index contributed by atoms with van der Waals surface area (Å²) in [5, 5.41) is 18.9. The molecule has 1 saturated heterocycles. The van der Waals surface area contributed by atoms with Gasteiger partial charge in [0.1, 0.15) is 6.10 Å². The molecule has 170 valence electrons. The number of hydrogen-bond acceptors (Lipinski definition) is 5. The zero-order chi connectivity index (χ0) is 22.7. The molecule has 1 aromatic heterocycles. The third-order valence-corrected chi connectivity index (χ3v) is 6.98. The van der Waals surface area contributed by atoms with E-state index in [4.69, 9.17) is 4.84 Å². The van der Waals surface area contributed by atoms with E-state index in [1.165, 1.54) is 5.56 Å². The Bertz CT molecular complexity index is 1020. The summed E-state index contributed by atoms with van der Waals surface area (Å²) in [6, 6.07) is 8.11. The molecule has 1 atom stereocenters. The lowest BCUT2D eigenvalue weighted by atomic mass is 9.73. The lowest BCUT2D eigenvalue weighted by Crippen LogP contribution is -2.45. The molecule has 0 saturated carbocycles. The number of piperidine rings is 1. The van der Waals surface area contributed by atoms with Crippen molar-refractivity contribution in [3.8, 4) is 0 Å². The number of nitrogens with zero attached hydrogens (tertiary/aromatic N) is 4. The molecule has 0 aliphatic carbocycles. The summed E-state index contributed by atoms with van der Waals surface area (Å²) in [4.78, 5) is 20.4. The smallest absolute Gasteiger partial charge is 0.309 e. The molecule has 2 aromatic rings. The van der Waals surface area contributed by atoms with Crippen LogP contribution in [-0.4, -0.2) is 50.7 Å². The van der Waals surface area contributed by atoms with Crippen LogP contribution in [0.3, 0.4) is 0 Å². The average Bonchev–Trinajstić information content (AvgIpc) is 3.37. The number of rotatable bonds is 8. The topological polar surface area (TPSA) is 80.0 Å². The number of carbonyl (C=O) groups is 1. The lowest BCUT2D eigenvalue weighted by molar-refractivity contribution is -0.155. The van der Waals surface area contributed by atoms with Crippen LogP contribution < -0.4 is 0 Å². The summed E-state index contributed by atoms with van der Waals surface area (Å²) in [6.07, 6.45) is 5.94. The number of aliphatic carboxylic acids is 1. The number of benzene rings is 1. The molecular weight excluding hydrogens is 404 g/mol. The molecule has 4 rings (SSSR count). The third-order valence-electron chi connectivity index (χ3n) is 6.98. The van der Waals surface area contributed by atoms with Crippen molar-refractivity contribution in [1.29, 1.82) is 0 Å². The van der Waals surface area contributed by atoms with Crippen LogP contribution in [0.4, 0.5) is 0 Å². The van der Waals surface area contributed by atoms with Gasteiger partial charge in [-0.25, -0.2) is 0 Å². The highest BCUT2D eigenvalue weighted by Crippen LogP contribution is 2.39. The van der Waals surface area contributed by atoms with Gasteiger partial charge in [-0.15, -0.1) is 6.58 Å². The van der Waals surface area contributed by atoms with Gasteiger partial charge < -0.3 is 9.94 Å². The Labute approximate surface area is 189 Å². The highest BCUT2D eigenvalue weighted by molar-refractivity contribution is 6.02. The molecule has 32 heavy (non-hydrogen) atoms. The van der Waals surface area contributed by atoms with E-state index >= 15 is 0 Å². The van der Waals surface area contributed by atoms with Crippen molar-refractivity contribution < 1.29 is 14.7 Å². The standard InChI is InChI=1S/C25H32N4O3/c1-4-11-29-19(3)20(16-26-29)17-28-12-9-25(10-13-28,24(30)31)15-21-14-23(27-32-21)22-8-6-5-7-18(22)2/h4-8,16,21H,1,9-15,17H2,2-3H3,(H,30,31)/t21-/m0/s1. The normalized spacial score (nSPS) is 20.6. The molecule has 0 amide bonds. The molecule has 1 fully saturated rings. The number of hydrogen-bond donors (Lipinski definition) is 1. The van der Waals surface area contributed by atoms with Crippen molar-refractivity contribution in [3.63, 3.8) is 0 Å². The van der Waals surface area contributed by atoms with Crippen molar-refractivity contribution in [2.75, 3.05) is 13.1 Å². The summed E-state index contributed by atoms with van der Waals surface area (Å²) in [7, 11) is 0. The second kappa shape index (κ2) is 9.28. The monoisotopic (exact) mass is 436 g/mol. The highest BCUT2D eigenvalue weighted by atomic mass is 16.6. The van der Waals surface area contributed by atoms with Crippen LogP contribution in [0, 0.1) is 19.3 Å². The lowest BCUT2D eigenvalue weighted by Gasteiger charge is -2.39. The highest BCUT2D eigenvalue weighted by Gasteiger charge is 2.45. The van der Waals surface area contributed by atoms with Crippen molar-refractivity contribution in [1.82, 2.24) is 14.7 Å². The number of carboxylic acids is 1. The molecule has 3 heterocycles. The van der Waals surface area contributed by atoms with Gasteiger partial charge in [0.15, 0.2) is 0 Å². The molecule has 0 radical (unpaired) electrons. The maximum atomic E-state index is 12.3. The van der Waals surface area contributed by atoms with Gasteiger partial charge in [-0.2, -0.15) is 5.10 Å². The number of allylic oxidation sites excluding steroid dienone is 1. The molecule has 0 spiro atoms. The van der Waals surface area contributed by atoms with Crippen LogP contribution in [-0.2, 0) is 22.7 Å². The summed E-state index contributed by atoms with van der Waals surface area (Å²) in [6.45, 7) is 10.9. The fourth-order valence-electron chi connectivity index (χ4n) is 4.86. The fourth-order valence-corrected chi connectivity index (χ4v) is 4.86. The summed E-state index contributed by atoms with van der Waals surface area (Å²) in [5.41, 5.74) is 4.72. The van der Waals surface area contributed by atoms with Crippen molar-refractivity contribution >= 4 is 11.7 Å². The minimum atomic E-state index is -0.764. The van der Waals surface area contributed by atoms with Crippen molar-refractivity contribution in [3.05, 3.63) is 65.5 Å². The predicted octanol–water partition coefficient (Wildman–Crippen LogP) is 3.94. The fraction of sp³-hybridized carbons (Fsp3) is 0.480. The third kappa shape index (κ3) is 4.48. The number of aromatic nitrogens is 2. The number of likely N-dealkylation sites (tertiary alicyclic amines) is 1. The Morgan fingerprint density at radius 2 is 2.06 bits per heavy atom. The molecule has 1 N–H and O–H groups in total. The maximum Gasteiger partial charge on any atom is 0.309 e. The quantitative estimate of drug-likeness (QED) is 0.634. The molecule has 1 aromatic carbocycles. The predicted molar refractivity (Wildman–Crippen MR) is 124 cm³/mol. The second-order valence-corrected chi connectivity index (χ2v) is 9.08. The van der Waals surface area contributed by atoms with Gasteiger partial charge >= 0.3 is 5.97 Å². The van der Waals surface area contributed by atoms with Crippen LogP contribution >= 0.6 is 0 Å². The molecule has 7 heteroatoms. The Morgan fingerprint density at radius 1 is 1.31 bits per heavy atom. The van der Waals surface area contributed by atoms with Gasteiger partial charge in [-0.3, -0.25) is 14.4 Å². The van der Waals surface area contributed by atoms with Crippen LogP contribution in [0.15, 0.2) is 48.3 Å². The first kappa shape index (κ1) is 22.3. The van der Waals surface area contributed by atoms with Crippen molar-refractivity contribution in [2.45, 2.75) is 58.7 Å². The Hall–Kier alpha value is -2.93. The maximum absolute atomic E-state index is 12.3. The second-order valence-electron chi connectivity index (χ2n) is 9.08. The van der Waals surface area contributed by atoms with Crippen LogP contribution in [0.2, 0.25) is 0 Å². The minimum Gasteiger partial charge on any atom is -0.481 e. The Kier molecular flexibility index (Phi) is 6.46. The van der Waals surface area contributed by atoms with Gasteiger partial charge in [0.2, 0.25) is 0 Å². The van der Waals surface area contributed by atoms with E-state index in [0.717, 1.165) is 42.2 Å².